The van der Waals surface area contributed by atoms with Crippen molar-refractivity contribution in [3.05, 3.63) is 71.9 Å². The van der Waals surface area contributed by atoms with E-state index in [0.29, 0.717) is 0 Å². The Balaban J connectivity index is 2.10. The molecule has 0 N–H and O–H groups in total. The van der Waals surface area contributed by atoms with Gasteiger partial charge in [0.1, 0.15) is 5.76 Å². The van der Waals surface area contributed by atoms with Gasteiger partial charge in [-0.3, -0.25) is 0 Å². The molecule has 88 valence electrons. The summed E-state index contributed by atoms with van der Waals surface area (Å²) in [5.74, 6) is 0.887. The highest BCUT2D eigenvalue weighted by Crippen LogP contribution is 2.33. The Morgan fingerprint density at radius 3 is 2.17 bits per heavy atom. The standard InChI is InChI=1S/C16H11ClO/c17-14-8-6-12(7-9-14)15-10-11-18-16(15)13-4-2-1-3-5-13/h1-11H. The van der Waals surface area contributed by atoms with Gasteiger partial charge in [-0.2, -0.15) is 0 Å². The molecular weight excluding hydrogens is 244 g/mol. The van der Waals surface area contributed by atoms with Crippen molar-refractivity contribution in [1.29, 1.82) is 0 Å². The summed E-state index contributed by atoms with van der Waals surface area (Å²) in [6, 6.07) is 19.8. The number of benzene rings is 2. The molecule has 0 bridgehead atoms. The smallest absolute Gasteiger partial charge is 0.141 e. The van der Waals surface area contributed by atoms with Crippen molar-refractivity contribution in [2.45, 2.75) is 0 Å². The lowest BCUT2D eigenvalue weighted by molar-refractivity contribution is 0.583. The van der Waals surface area contributed by atoms with Crippen LogP contribution in [-0.4, -0.2) is 0 Å². The van der Waals surface area contributed by atoms with E-state index in [0.717, 1.165) is 27.5 Å². The van der Waals surface area contributed by atoms with Crippen LogP contribution in [0.5, 0.6) is 0 Å². The lowest BCUT2D eigenvalue weighted by Crippen LogP contribution is -1.79. The van der Waals surface area contributed by atoms with Crippen molar-refractivity contribution in [2.75, 3.05) is 0 Å². The molecule has 18 heavy (non-hydrogen) atoms. The maximum absolute atomic E-state index is 5.91. The molecule has 1 heterocycles. The van der Waals surface area contributed by atoms with Crippen LogP contribution in [-0.2, 0) is 0 Å². The van der Waals surface area contributed by atoms with E-state index in [-0.39, 0.29) is 0 Å². The summed E-state index contributed by atoms with van der Waals surface area (Å²) >= 11 is 5.91. The highest BCUT2D eigenvalue weighted by Gasteiger charge is 2.10. The lowest BCUT2D eigenvalue weighted by atomic mass is 10.0. The third-order valence-corrected chi connectivity index (χ3v) is 3.11. The van der Waals surface area contributed by atoms with Crippen LogP contribution in [0.2, 0.25) is 5.02 Å². The first-order chi connectivity index (χ1) is 8.84. The van der Waals surface area contributed by atoms with Crippen LogP contribution >= 0.6 is 11.6 Å². The second-order valence-corrected chi connectivity index (χ2v) is 4.47. The monoisotopic (exact) mass is 254 g/mol. The van der Waals surface area contributed by atoms with E-state index in [2.05, 4.69) is 0 Å². The molecule has 1 nitrogen and oxygen atoms in total. The summed E-state index contributed by atoms with van der Waals surface area (Å²) in [7, 11) is 0. The predicted molar refractivity (Wildman–Crippen MR) is 74.6 cm³/mol. The first kappa shape index (κ1) is 11.1. The van der Waals surface area contributed by atoms with Gasteiger partial charge in [-0.25, -0.2) is 0 Å². The minimum absolute atomic E-state index is 0.739. The fraction of sp³-hybridized carbons (Fsp3) is 0. The van der Waals surface area contributed by atoms with Gasteiger partial charge in [-0.15, -0.1) is 0 Å². The Morgan fingerprint density at radius 2 is 1.44 bits per heavy atom. The van der Waals surface area contributed by atoms with E-state index < -0.39 is 0 Å². The molecule has 0 aliphatic heterocycles. The quantitative estimate of drug-likeness (QED) is 0.607. The van der Waals surface area contributed by atoms with Crippen molar-refractivity contribution in [2.24, 2.45) is 0 Å². The molecule has 2 heteroatoms. The van der Waals surface area contributed by atoms with Gasteiger partial charge in [-0.1, -0.05) is 54.1 Å². The molecule has 3 aromatic rings. The molecule has 0 fully saturated rings. The average molecular weight is 255 g/mol. The van der Waals surface area contributed by atoms with Gasteiger partial charge in [0.05, 0.1) is 6.26 Å². The van der Waals surface area contributed by atoms with Gasteiger partial charge < -0.3 is 4.42 Å². The summed E-state index contributed by atoms with van der Waals surface area (Å²) in [6.07, 6.45) is 1.71. The Bertz CT molecular complexity index is 638. The molecule has 1 aromatic heterocycles. The van der Waals surface area contributed by atoms with Crippen molar-refractivity contribution < 1.29 is 4.42 Å². The normalized spacial score (nSPS) is 10.5. The topological polar surface area (TPSA) is 13.1 Å². The average Bonchev–Trinajstić information content (AvgIpc) is 2.90. The van der Waals surface area contributed by atoms with Crippen LogP contribution < -0.4 is 0 Å². The first-order valence-corrected chi connectivity index (χ1v) is 6.11. The maximum atomic E-state index is 5.91. The largest absolute Gasteiger partial charge is 0.464 e. The molecular formula is C16H11ClO. The van der Waals surface area contributed by atoms with Crippen molar-refractivity contribution in [3.63, 3.8) is 0 Å². The SMILES string of the molecule is Clc1ccc(-c2ccoc2-c2ccccc2)cc1. The minimum atomic E-state index is 0.739. The van der Waals surface area contributed by atoms with E-state index >= 15 is 0 Å². The fourth-order valence-corrected chi connectivity index (χ4v) is 2.11. The molecule has 0 saturated carbocycles. The molecule has 0 aliphatic carbocycles. The molecule has 0 spiro atoms. The van der Waals surface area contributed by atoms with Gasteiger partial charge in [0.25, 0.3) is 0 Å². The van der Waals surface area contributed by atoms with Crippen molar-refractivity contribution in [3.8, 4) is 22.5 Å². The maximum Gasteiger partial charge on any atom is 0.141 e. The highest BCUT2D eigenvalue weighted by atomic mass is 35.5. The lowest BCUT2D eigenvalue weighted by Gasteiger charge is -2.03. The second-order valence-electron chi connectivity index (χ2n) is 4.04. The van der Waals surface area contributed by atoms with E-state index in [1.165, 1.54) is 0 Å². The molecule has 0 saturated heterocycles. The van der Waals surface area contributed by atoms with Crippen molar-refractivity contribution >= 4 is 11.6 Å². The van der Waals surface area contributed by atoms with Gasteiger partial charge in [-0.05, 0) is 23.8 Å². The molecule has 0 radical (unpaired) electrons. The fourth-order valence-electron chi connectivity index (χ4n) is 1.98. The number of rotatable bonds is 2. The molecule has 2 aromatic carbocycles. The first-order valence-electron chi connectivity index (χ1n) is 5.73. The molecule has 0 aliphatic rings. The molecule has 0 atom stereocenters. The van der Waals surface area contributed by atoms with Gasteiger partial charge >= 0.3 is 0 Å². The third-order valence-electron chi connectivity index (χ3n) is 2.86. The highest BCUT2D eigenvalue weighted by molar-refractivity contribution is 6.30. The number of hydrogen-bond acceptors (Lipinski definition) is 1. The Morgan fingerprint density at radius 1 is 0.722 bits per heavy atom. The predicted octanol–water partition coefficient (Wildman–Crippen LogP) is 5.27. The Hall–Kier alpha value is -1.99. The summed E-state index contributed by atoms with van der Waals surface area (Å²) in [4.78, 5) is 0. The van der Waals surface area contributed by atoms with Crippen LogP contribution in [0.4, 0.5) is 0 Å². The summed E-state index contributed by atoms with van der Waals surface area (Å²) in [5, 5.41) is 0.739. The Labute approximate surface area is 111 Å². The van der Waals surface area contributed by atoms with Crippen molar-refractivity contribution in [1.82, 2.24) is 0 Å². The second kappa shape index (κ2) is 4.71. The minimum Gasteiger partial charge on any atom is -0.464 e. The van der Waals surface area contributed by atoms with Crippen LogP contribution in [0.1, 0.15) is 0 Å². The van der Waals surface area contributed by atoms with Gasteiger partial charge in [0, 0.05) is 16.1 Å². The molecule has 0 amide bonds. The number of hydrogen-bond donors (Lipinski definition) is 0. The van der Waals surface area contributed by atoms with E-state index in [1.807, 2.05) is 60.7 Å². The van der Waals surface area contributed by atoms with E-state index in [9.17, 15) is 0 Å². The summed E-state index contributed by atoms with van der Waals surface area (Å²) in [5.41, 5.74) is 3.26. The zero-order valence-electron chi connectivity index (χ0n) is 9.64. The number of furan rings is 1. The zero-order valence-corrected chi connectivity index (χ0v) is 10.4. The zero-order chi connectivity index (χ0) is 12.4. The summed E-state index contributed by atoms with van der Waals surface area (Å²) in [6.45, 7) is 0. The number of halogens is 1. The van der Waals surface area contributed by atoms with Gasteiger partial charge in [0.15, 0.2) is 0 Å². The Kier molecular flexibility index (Phi) is 2.91. The van der Waals surface area contributed by atoms with Crippen LogP contribution in [0.25, 0.3) is 22.5 Å². The van der Waals surface area contributed by atoms with Crippen LogP contribution in [0, 0.1) is 0 Å². The summed E-state index contributed by atoms with van der Waals surface area (Å²) < 4.78 is 5.60. The van der Waals surface area contributed by atoms with Crippen LogP contribution in [0.15, 0.2) is 71.3 Å². The van der Waals surface area contributed by atoms with E-state index in [4.69, 9.17) is 16.0 Å². The van der Waals surface area contributed by atoms with Crippen LogP contribution in [0.3, 0.4) is 0 Å². The molecule has 0 unspecified atom stereocenters. The van der Waals surface area contributed by atoms with Gasteiger partial charge in [0.2, 0.25) is 0 Å². The van der Waals surface area contributed by atoms with E-state index in [1.54, 1.807) is 6.26 Å². The third kappa shape index (κ3) is 2.05. The molecule has 3 rings (SSSR count).